The van der Waals surface area contributed by atoms with E-state index in [-0.39, 0.29) is 67.1 Å². The van der Waals surface area contributed by atoms with Crippen LogP contribution in [0.4, 0.5) is 0 Å². The van der Waals surface area contributed by atoms with Gasteiger partial charge in [0.1, 0.15) is 22.5 Å². The fourth-order valence-electron chi connectivity index (χ4n) is 7.20. The van der Waals surface area contributed by atoms with Crippen molar-refractivity contribution in [3.05, 3.63) is 45.9 Å². The number of amides is 4. The van der Waals surface area contributed by atoms with Crippen LogP contribution in [0.1, 0.15) is 127 Å². The van der Waals surface area contributed by atoms with Crippen molar-refractivity contribution in [1.82, 2.24) is 25.4 Å². The molecule has 1 aromatic carbocycles. The molecular formula is C43H66N6O9S. The van der Waals surface area contributed by atoms with E-state index in [9.17, 15) is 33.9 Å². The minimum atomic E-state index is -0.997. The summed E-state index contributed by atoms with van der Waals surface area (Å²) in [6.07, 6.45) is 2.97. The predicted molar refractivity (Wildman–Crippen MR) is 225 cm³/mol. The van der Waals surface area contributed by atoms with E-state index in [1.54, 1.807) is 36.6 Å². The van der Waals surface area contributed by atoms with Crippen LogP contribution in [0, 0.1) is 23.7 Å². The van der Waals surface area contributed by atoms with E-state index < -0.39 is 59.8 Å². The van der Waals surface area contributed by atoms with Crippen molar-refractivity contribution < 1.29 is 43.3 Å². The lowest BCUT2D eigenvalue weighted by atomic mass is 9.92. The average molecular weight is 843 g/mol. The predicted octanol–water partition coefficient (Wildman–Crippen LogP) is 5.11. The molecule has 1 aromatic heterocycles. The van der Waals surface area contributed by atoms with Crippen molar-refractivity contribution in [1.29, 1.82) is 0 Å². The van der Waals surface area contributed by atoms with E-state index >= 15 is 0 Å². The van der Waals surface area contributed by atoms with Crippen molar-refractivity contribution in [2.75, 3.05) is 20.3 Å². The van der Waals surface area contributed by atoms with Gasteiger partial charge in [0.2, 0.25) is 17.7 Å². The largest absolute Gasteiger partial charge is 0.508 e. The normalized spacial score (nSPS) is 17.6. The highest BCUT2D eigenvalue weighted by Gasteiger charge is 2.39. The molecule has 59 heavy (non-hydrogen) atoms. The number of benzene rings is 1. The van der Waals surface area contributed by atoms with Gasteiger partial charge < -0.3 is 35.8 Å². The zero-order valence-corrected chi connectivity index (χ0v) is 37.0. The van der Waals surface area contributed by atoms with Gasteiger partial charge in [-0.2, -0.15) is 0 Å². The van der Waals surface area contributed by atoms with Crippen molar-refractivity contribution >= 4 is 46.9 Å². The van der Waals surface area contributed by atoms with Crippen LogP contribution in [0.25, 0.3) is 0 Å². The number of thiazole rings is 1. The molecule has 0 radical (unpaired) electrons. The molecule has 1 fully saturated rings. The smallest absolute Gasteiger partial charge is 0.307 e. The van der Waals surface area contributed by atoms with Crippen LogP contribution in [-0.2, 0) is 39.9 Å². The number of primary amides is 1. The lowest BCUT2D eigenvalue weighted by Gasteiger charge is -2.39. The quantitative estimate of drug-likeness (QED) is 0.0904. The number of esters is 2. The highest BCUT2D eigenvalue weighted by atomic mass is 32.1. The molecule has 16 heteroatoms. The Morgan fingerprint density at radius 2 is 1.69 bits per heavy atom. The van der Waals surface area contributed by atoms with Crippen LogP contribution in [0.2, 0.25) is 0 Å². The summed E-state index contributed by atoms with van der Waals surface area (Å²) < 4.78 is 11.6. The zero-order chi connectivity index (χ0) is 44.0. The molecule has 328 valence electrons. The number of hydrogen-bond acceptors (Lipinski definition) is 12. The van der Waals surface area contributed by atoms with Gasteiger partial charge in [-0.25, -0.2) is 4.98 Å². The summed E-state index contributed by atoms with van der Waals surface area (Å²) in [5.74, 6) is -3.70. The number of carbonyl (C=O) groups excluding carboxylic acids is 6. The molecule has 7 atom stereocenters. The molecule has 2 aromatic rings. The topological polar surface area (TPSA) is 211 Å². The highest BCUT2D eigenvalue weighted by Crippen LogP contribution is 2.32. The number of piperidine rings is 1. The second-order valence-corrected chi connectivity index (χ2v) is 17.6. The van der Waals surface area contributed by atoms with Gasteiger partial charge in [-0.3, -0.25) is 33.7 Å². The Hall–Kier alpha value is -4.57. The Labute approximate surface area is 353 Å². The lowest BCUT2D eigenvalue weighted by Crippen LogP contribution is -2.59. The lowest BCUT2D eigenvalue weighted by molar-refractivity contribution is -0.161. The Kier molecular flexibility index (Phi) is 19.3. The van der Waals surface area contributed by atoms with E-state index in [2.05, 4.69) is 15.6 Å². The standard InChI is InChI=1S/C43H66N6O9S/c1-10-27(6)38(47-41(55)34-13-11-12-18-48(34)9)43(56)49(24-57-37(52)19-25(2)3)35(26(4)5)22-36(58-29(8)50)42-46-33(23-59-42)40(54)45-31(20-28(7)39(44)53)21-30-14-16-32(51)17-15-30/h14-17,23,25-28,31,34-36,38,51H,10-13,18-22,24H2,1-9H3,(H2,44,53)(H,45,54)(H,47,55). The van der Waals surface area contributed by atoms with Crippen LogP contribution < -0.4 is 16.4 Å². The van der Waals surface area contributed by atoms with Gasteiger partial charge in [0.25, 0.3) is 5.91 Å². The summed E-state index contributed by atoms with van der Waals surface area (Å²) >= 11 is 1.12. The molecule has 0 aliphatic carbocycles. The van der Waals surface area contributed by atoms with Gasteiger partial charge in [0, 0.05) is 43.1 Å². The minimum absolute atomic E-state index is 0.0199. The van der Waals surface area contributed by atoms with Gasteiger partial charge in [0.05, 0.1) is 6.04 Å². The van der Waals surface area contributed by atoms with Crippen LogP contribution in [0.3, 0.4) is 0 Å². The van der Waals surface area contributed by atoms with E-state index in [0.717, 1.165) is 36.3 Å². The summed E-state index contributed by atoms with van der Waals surface area (Å²) in [4.78, 5) is 87.8. The Bertz CT molecular complexity index is 1720. The highest BCUT2D eigenvalue weighted by molar-refractivity contribution is 7.09. The van der Waals surface area contributed by atoms with Crippen LogP contribution in [0.5, 0.6) is 5.75 Å². The summed E-state index contributed by atoms with van der Waals surface area (Å²) in [6, 6.07) is 4.05. The van der Waals surface area contributed by atoms with E-state index in [1.165, 1.54) is 11.8 Å². The second kappa shape index (κ2) is 23.3. The zero-order valence-electron chi connectivity index (χ0n) is 36.2. The molecule has 2 heterocycles. The maximum Gasteiger partial charge on any atom is 0.307 e. The summed E-state index contributed by atoms with van der Waals surface area (Å²) in [5.41, 5.74) is 6.44. The fraction of sp³-hybridized carbons (Fsp3) is 0.651. The Morgan fingerprint density at radius 1 is 1.02 bits per heavy atom. The van der Waals surface area contributed by atoms with Crippen molar-refractivity contribution in [3.63, 3.8) is 0 Å². The number of aromatic nitrogens is 1. The summed E-state index contributed by atoms with van der Waals surface area (Å²) in [6.45, 7) is 14.8. The molecule has 1 saturated heterocycles. The number of carbonyl (C=O) groups is 6. The number of phenolic OH excluding ortho intramolecular Hbond substituents is 1. The number of rotatable bonds is 22. The summed E-state index contributed by atoms with van der Waals surface area (Å²) in [5, 5.41) is 17.6. The maximum atomic E-state index is 14.8. The van der Waals surface area contributed by atoms with Crippen LogP contribution in [0.15, 0.2) is 29.6 Å². The first-order chi connectivity index (χ1) is 27.8. The van der Waals surface area contributed by atoms with Crippen LogP contribution in [-0.4, -0.2) is 99.9 Å². The first-order valence-corrected chi connectivity index (χ1v) is 21.7. The first kappa shape index (κ1) is 48.8. The number of hydrogen-bond donors (Lipinski definition) is 4. The molecule has 3 rings (SSSR count). The van der Waals surface area contributed by atoms with Crippen molar-refractivity contribution in [2.24, 2.45) is 29.4 Å². The molecule has 4 amide bonds. The van der Waals surface area contributed by atoms with Gasteiger partial charge in [-0.1, -0.05) is 73.4 Å². The van der Waals surface area contributed by atoms with Crippen LogP contribution >= 0.6 is 11.3 Å². The molecule has 1 aliphatic heterocycles. The van der Waals surface area contributed by atoms with Gasteiger partial charge >= 0.3 is 11.9 Å². The number of nitrogens with zero attached hydrogens (tertiary/aromatic N) is 3. The number of likely N-dealkylation sites (N-methyl/N-ethyl adjacent to an activating group) is 1. The molecule has 0 spiro atoms. The summed E-state index contributed by atoms with van der Waals surface area (Å²) in [7, 11) is 1.90. The van der Waals surface area contributed by atoms with Gasteiger partial charge in [-0.15, -0.1) is 11.3 Å². The first-order valence-electron chi connectivity index (χ1n) is 20.8. The van der Waals surface area contributed by atoms with Gasteiger partial charge in [-0.05, 0) is 74.7 Å². The Balaban J connectivity index is 1.96. The molecular weight excluding hydrogens is 777 g/mol. The van der Waals surface area contributed by atoms with Gasteiger partial charge in [0.15, 0.2) is 12.8 Å². The number of nitrogens with one attached hydrogen (secondary N) is 2. The third-order valence-corrected chi connectivity index (χ3v) is 11.9. The monoisotopic (exact) mass is 842 g/mol. The third kappa shape index (κ3) is 15.2. The van der Waals surface area contributed by atoms with Crippen molar-refractivity contribution in [2.45, 2.75) is 137 Å². The molecule has 5 N–H and O–H groups in total. The number of phenols is 1. The van der Waals surface area contributed by atoms with E-state index in [4.69, 9.17) is 15.2 Å². The maximum absolute atomic E-state index is 14.8. The molecule has 0 saturated carbocycles. The second-order valence-electron chi connectivity index (χ2n) is 16.7. The van der Waals surface area contributed by atoms with E-state index in [0.29, 0.717) is 24.3 Å². The molecule has 0 bridgehead atoms. The number of nitrogens with two attached hydrogens (primary N) is 1. The SMILES string of the molecule is CCC(C)C(NC(=O)C1CCCCN1C)C(=O)N(COC(=O)CC(C)C)C(CC(OC(C)=O)c1nc(C(=O)NC(Cc2ccc(O)cc2)CC(C)C(N)=O)cs1)C(C)C. The van der Waals surface area contributed by atoms with E-state index in [1.807, 2.05) is 53.5 Å². The number of ether oxygens (including phenoxy) is 2. The molecule has 7 unspecified atom stereocenters. The fourth-order valence-corrected chi connectivity index (χ4v) is 8.04. The van der Waals surface area contributed by atoms with Crippen molar-refractivity contribution in [3.8, 4) is 5.75 Å². The Morgan fingerprint density at radius 3 is 2.27 bits per heavy atom. The molecule has 1 aliphatic rings. The number of likely N-dealkylation sites (tertiary alicyclic amines) is 1. The number of aromatic hydroxyl groups is 1. The minimum Gasteiger partial charge on any atom is -0.508 e. The third-order valence-electron chi connectivity index (χ3n) is 10.9. The average Bonchev–Trinajstić information content (AvgIpc) is 3.67. The molecule has 15 nitrogen and oxygen atoms in total.